The number of esters is 1. The van der Waals surface area contributed by atoms with Crippen LogP contribution in [0.25, 0.3) is 0 Å². The maximum atomic E-state index is 13.5. The number of aliphatic hydroxyl groups excluding tert-OH is 1. The van der Waals surface area contributed by atoms with Gasteiger partial charge in [-0.2, -0.15) is 0 Å². The fourth-order valence-corrected chi connectivity index (χ4v) is 8.42. The third-order valence-electron chi connectivity index (χ3n) is 9.75. The molecule has 0 radical (unpaired) electrons. The molecule has 0 amide bonds. The SMILES string of the molecule is COc1cc(C2c3cc4c(cc3C(OC3CC(O)C5OC(c6cccs6)OCC5C3)C3COC(=O)C23)OCO4)cc(OC)c1O. The van der Waals surface area contributed by atoms with Gasteiger partial charge in [0.2, 0.25) is 12.5 Å². The topological polar surface area (TPSA) is 131 Å². The molecule has 4 heterocycles. The number of carbonyl (C=O) groups excluding carboxylic acids is 1. The van der Waals surface area contributed by atoms with E-state index in [0.717, 1.165) is 21.6 Å². The quantitative estimate of drug-likeness (QED) is 0.372. The summed E-state index contributed by atoms with van der Waals surface area (Å²) in [6.07, 6.45) is -1.37. The van der Waals surface area contributed by atoms with Crippen molar-refractivity contribution in [2.24, 2.45) is 17.8 Å². The third-order valence-corrected chi connectivity index (χ3v) is 10.6. The average molecular weight is 639 g/mol. The number of carbonyl (C=O) groups is 1. The van der Waals surface area contributed by atoms with Crippen LogP contribution in [-0.4, -0.2) is 68.7 Å². The van der Waals surface area contributed by atoms with Crippen LogP contribution in [0, 0.1) is 17.8 Å². The summed E-state index contributed by atoms with van der Waals surface area (Å²) in [5.41, 5.74) is 2.42. The van der Waals surface area contributed by atoms with Crippen LogP contribution in [0.2, 0.25) is 0 Å². The number of cyclic esters (lactones) is 1. The monoisotopic (exact) mass is 638 g/mol. The van der Waals surface area contributed by atoms with Crippen molar-refractivity contribution in [1.29, 1.82) is 0 Å². The van der Waals surface area contributed by atoms with Gasteiger partial charge in [-0.05, 0) is 58.8 Å². The van der Waals surface area contributed by atoms with Crippen molar-refractivity contribution in [1.82, 2.24) is 0 Å². The zero-order valence-corrected chi connectivity index (χ0v) is 25.6. The maximum absolute atomic E-state index is 13.5. The van der Waals surface area contributed by atoms with Gasteiger partial charge in [-0.25, -0.2) is 0 Å². The molecule has 5 aliphatic rings. The Balaban J connectivity index is 1.14. The summed E-state index contributed by atoms with van der Waals surface area (Å²) in [5.74, 6) is -0.224. The van der Waals surface area contributed by atoms with E-state index in [-0.39, 0.29) is 60.7 Å². The minimum atomic E-state index is -0.734. The van der Waals surface area contributed by atoms with Crippen LogP contribution >= 0.6 is 11.3 Å². The number of hydrogen-bond donors (Lipinski definition) is 2. The molecule has 0 spiro atoms. The lowest BCUT2D eigenvalue weighted by atomic mass is 9.66. The second-order valence-electron chi connectivity index (χ2n) is 12.2. The number of ether oxygens (including phenoxy) is 8. The van der Waals surface area contributed by atoms with E-state index >= 15 is 0 Å². The van der Waals surface area contributed by atoms with Crippen molar-refractivity contribution in [2.75, 3.05) is 34.2 Å². The van der Waals surface area contributed by atoms with E-state index in [0.29, 0.717) is 30.9 Å². The second-order valence-corrected chi connectivity index (χ2v) is 13.1. The zero-order valence-electron chi connectivity index (χ0n) is 24.8. The van der Waals surface area contributed by atoms with Gasteiger partial charge in [0.1, 0.15) is 0 Å². The number of aliphatic hydroxyl groups is 1. The summed E-state index contributed by atoms with van der Waals surface area (Å²) in [6, 6.07) is 11.2. The Morgan fingerprint density at radius 2 is 1.71 bits per heavy atom. The van der Waals surface area contributed by atoms with Crippen molar-refractivity contribution in [3.63, 3.8) is 0 Å². The van der Waals surface area contributed by atoms with Gasteiger partial charge in [0.05, 0.1) is 62.6 Å². The molecule has 12 heteroatoms. The number of rotatable bonds is 6. The first-order chi connectivity index (χ1) is 21.9. The Morgan fingerprint density at radius 1 is 0.956 bits per heavy atom. The molecule has 2 aromatic carbocycles. The Morgan fingerprint density at radius 3 is 2.42 bits per heavy atom. The second kappa shape index (κ2) is 11.4. The standard InChI is InChI=1S/C33H34O11S/c1-37-24-7-15(8-25(38-2)29(24)35)27-18-10-22-23(42-14-41-22)11-19(18)31(20-13-39-32(36)28(20)27)43-17-6-16-12-40-33(26-4-3-5-45-26)44-30(16)21(34)9-17/h3-5,7-8,10-11,16-17,20-21,27-28,30-31,33-35H,6,9,12-14H2,1-2H3. The highest BCUT2D eigenvalue weighted by molar-refractivity contribution is 7.10. The number of thiophene rings is 1. The van der Waals surface area contributed by atoms with Gasteiger partial charge in [0, 0.05) is 24.2 Å². The molecule has 238 valence electrons. The summed E-state index contributed by atoms with van der Waals surface area (Å²) in [4.78, 5) is 14.5. The molecule has 0 bridgehead atoms. The number of fused-ring (bicyclic) bond motifs is 4. The normalized spacial score (nSPS) is 33.1. The summed E-state index contributed by atoms with van der Waals surface area (Å²) < 4.78 is 47.4. The zero-order chi connectivity index (χ0) is 30.8. The first kappa shape index (κ1) is 28.9. The smallest absolute Gasteiger partial charge is 0.310 e. The molecule has 1 saturated carbocycles. The lowest BCUT2D eigenvalue weighted by Crippen LogP contribution is -2.51. The molecular weight excluding hydrogens is 604 g/mol. The van der Waals surface area contributed by atoms with Gasteiger partial charge in [0.25, 0.3) is 0 Å². The average Bonchev–Trinajstić information content (AvgIpc) is 3.83. The molecule has 2 aliphatic carbocycles. The van der Waals surface area contributed by atoms with Gasteiger partial charge >= 0.3 is 5.97 Å². The lowest BCUT2D eigenvalue weighted by Gasteiger charge is -2.46. The van der Waals surface area contributed by atoms with Crippen LogP contribution in [0.4, 0.5) is 0 Å². The number of hydrogen-bond acceptors (Lipinski definition) is 12. The lowest BCUT2D eigenvalue weighted by molar-refractivity contribution is -0.279. The van der Waals surface area contributed by atoms with Gasteiger partial charge in [-0.15, -0.1) is 11.3 Å². The minimum Gasteiger partial charge on any atom is -0.502 e. The Bertz CT molecular complexity index is 1570. The molecular formula is C33H34O11S. The molecule has 9 atom stereocenters. The van der Waals surface area contributed by atoms with E-state index in [1.54, 1.807) is 23.5 Å². The molecule has 9 unspecified atom stereocenters. The molecule has 45 heavy (non-hydrogen) atoms. The number of methoxy groups -OCH3 is 2. The number of aromatic hydroxyl groups is 1. The van der Waals surface area contributed by atoms with Crippen molar-refractivity contribution >= 4 is 17.3 Å². The van der Waals surface area contributed by atoms with E-state index in [2.05, 4.69) is 0 Å². The largest absolute Gasteiger partial charge is 0.502 e. The first-order valence-corrected chi connectivity index (χ1v) is 16.0. The number of benzene rings is 2. The van der Waals surface area contributed by atoms with Crippen molar-refractivity contribution in [3.8, 4) is 28.7 Å². The van der Waals surface area contributed by atoms with Gasteiger partial charge in [0.15, 0.2) is 29.3 Å². The van der Waals surface area contributed by atoms with Crippen LogP contribution in [0.1, 0.15) is 52.7 Å². The summed E-state index contributed by atoms with van der Waals surface area (Å²) in [6.45, 7) is 0.722. The van der Waals surface area contributed by atoms with Crippen LogP contribution in [0.5, 0.6) is 28.7 Å². The van der Waals surface area contributed by atoms with Gasteiger partial charge < -0.3 is 48.1 Å². The minimum absolute atomic E-state index is 0.0447. The predicted octanol–water partition coefficient (Wildman–Crippen LogP) is 4.45. The summed E-state index contributed by atoms with van der Waals surface area (Å²) >= 11 is 1.57. The Hall–Kier alpha value is -3.55. The van der Waals surface area contributed by atoms with Crippen LogP contribution in [0.15, 0.2) is 41.8 Å². The molecule has 11 nitrogen and oxygen atoms in total. The van der Waals surface area contributed by atoms with Crippen LogP contribution < -0.4 is 18.9 Å². The van der Waals surface area contributed by atoms with Crippen LogP contribution in [-0.2, 0) is 23.7 Å². The summed E-state index contributed by atoms with van der Waals surface area (Å²) in [5, 5.41) is 23.9. The highest BCUT2D eigenvalue weighted by Crippen LogP contribution is 2.57. The fraction of sp³-hybridized carbons (Fsp3) is 0.485. The molecule has 3 aliphatic heterocycles. The highest BCUT2D eigenvalue weighted by Gasteiger charge is 2.54. The molecule has 8 rings (SSSR count). The van der Waals surface area contributed by atoms with Crippen molar-refractivity contribution in [3.05, 3.63) is 63.3 Å². The first-order valence-electron chi connectivity index (χ1n) is 15.1. The molecule has 2 saturated heterocycles. The van der Waals surface area contributed by atoms with Crippen LogP contribution in [0.3, 0.4) is 0 Å². The van der Waals surface area contributed by atoms with E-state index in [4.69, 9.17) is 37.9 Å². The van der Waals surface area contributed by atoms with E-state index in [1.807, 2.05) is 29.6 Å². The van der Waals surface area contributed by atoms with E-state index in [9.17, 15) is 15.0 Å². The Kier molecular flexibility index (Phi) is 7.29. The third kappa shape index (κ3) is 4.81. The molecule has 3 fully saturated rings. The van der Waals surface area contributed by atoms with Gasteiger partial charge in [-0.1, -0.05) is 6.07 Å². The number of phenolic OH excluding ortho intramolecular Hbond substituents is 1. The fourth-order valence-electron chi connectivity index (χ4n) is 7.72. The van der Waals surface area contributed by atoms with Crippen molar-refractivity contribution < 1.29 is 52.9 Å². The molecule has 2 N–H and O–H groups in total. The molecule has 1 aromatic heterocycles. The van der Waals surface area contributed by atoms with E-state index < -0.39 is 30.3 Å². The molecule has 3 aromatic rings. The van der Waals surface area contributed by atoms with Crippen molar-refractivity contribution in [2.45, 2.75) is 49.5 Å². The summed E-state index contributed by atoms with van der Waals surface area (Å²) in [7, 11) is 2.94. The van der Waals surface area contributed by atoms with E-state index in [1.165, 1.54) is 14.2 Å². The van der Waals surface area contributed by atoms with Gasteiger partial charge in [-0.3, -0.25) is 4.79 Å². The number of phenols is 1. The predicted molar refractivity (Wildman–Crippen MR) is 158 cm³/mol. The maximum Gasteiger partial charge on any atom is 0.310 e. The Labute approximate surface area is 263 Å². The highest BCUT2D eigenvalue weighted by atomic mass is 32.1.